The number of carbonyl (C=O) groups excluding carboxylic acids is 3. The van der Waals surface area contributed by atoms with E-state index in [-0.39, 0.29) is 23.3 Å². The summed E-state index contributed by atoms with van der Waals surface area (Å²) in [7, 11) is 0. The van der Waals surface area contributed by atoms with Gasteiger partial charge in [0.05, 0.1) is 6.61 Å². The van der Waals surface area contributed by atoms with Crippen molar-refractivity contribution in [2.45, 2.75) is 17.3 Å². The molecule has 2 aromatic carbocycles. The Kier molecular flexibility index (Phi) is 5.42. The quantitative estimate of drug-likeness (QED) is 0.169. The number of ether oxygens (including phenoxy) is 1. The predicted octanol–water partition coefficient (Wildman–Crippen LogP) is 3.18. The van der Waals surface area contributed by atoms with Gasteiger partial charge in [-0.3, -0.25) is 24.5 Å². The lowest BCUT2D eigenvalue weighted by Gasteiger charge is -2.33. The van der Waals surface area contributed by atoms with Crippen LogP contribution in [0.1, 0.15) is 33.2 Å². The molecule has 0 radical (unpaired) electrons. The SMILES string of the molecule is CCOC(=O)C(C(Br)[N+](=O)[O-])C1(c2ccccc2)C(=O)c2ccccc2C1=O. The summed E-state index contributed by atoms with van der Waals surface area (Å²) in [6.07, 6.45) is 0. The third-order valence-corrected chi connectivity index (χ3v) is 5.71. The van der Waals surface area contributed by atoms with Crippen LogP contribution in [0.5, 0.6) is 0 Å². The number of esters is 1. The van der Waals surface area contributed by atoms with Crippen molar-refractivity contribution in [2.75, 3.05) is 6.61 Å². The molecule has 2 atom stereocenters. The van der Waals surface area contributed by atoms with Gasteiger partial charge in [0, 0.05) is 16.1 Å². The van der Waals surface area contributed by atoms with Crippen molar-refractivity contribution in [3.63, 3.8) is 0 Å². The van der Waals surface area contributed by atoms with Crippen LogP contribution in [0.2, 0.25) is 0 Å². The first kappa shape index (κ1) is 19.9. The number of ketones is 2. The Bertz CT molecular complexity index is 923. The molecule has 0 aliphatic heterocycles. The molecule has 1 aliphatic carbocycles. The van der Waals surface area contributed by atoms with E-state index in [0.29, 0.717) is 0 Å². The fourth-order valence-corrected chi connectivity index (χ4v) is 4.29. The van der Waals surface area contributed by atoms with Crippen LogP contribution >= 0.6 is 15.9 Å². The summed E-state index contributed by atoms with van der Waals surface area (Å²) in [5.74, 6) is -3.97. The molecule has 144 valence electrons. The van der Waals surface area contributed by atoms with Crippen LogP contribution in [-0.2, 0) is 14.9 Å². The maximum Gasteiger partial charge on any atom is 0.318 e. The Balaban J connectivity index is 2.35. The van der Waals surface area contributed by atoms with E-state index in [1.54, 1.807) is 37.3 Å². The van der Waals surface area contributed by atoms with Gasteiger partial charge in [0.15, 0.2) is 17.5 Å². The number of carbonyl (C=O) groups is 3. The zero-order valence-electron chi connectivity index (χ0n) is 14.8. The number of halogens is 1. The zero-order chi connectivity index (χ0) is 20.5. The molecule has 0 amide bonds. The lowest BCUT2D eigenvalue weighted by Crippen LogP contribution is -2.54. The molecule has 0 saturated carbocycles. The second-order valence-corrected chi connectivity index (χ2v) is 7.20. The molecule has 0 saturated heterocycles. The van der Waals surface area contributed by atoms with Gasteiger partial charge < -0.3 is 4.74 Å². The number of Topliss-reactive ketones (excluding diaryl/α,β-unsaturated/α-hetero) is 2. The average molecular weight is 446 g/mol. The standard InChI is InChI=1S/C20H16BrNO6/c1-2-28-19(25)15(18(21)22(26)27)20(12-8-4-3-5-9-12)16(23)13-10-6-7-11-14(13)17(20)24/h3-11,15,18H,2H2,1H3. The van der Waals surface area contributed by atoms with Gasteiger partial charge in [-0.1, -0.05) is 54.6 Å². The van der Waals surface area contributed by atoms with Gasteiger partial charge in [-0.2, -0.15) is 0 Å². The highest BCUT2D eigenvalue weighted by Gasteiger charge is 2.65. The number of hydrogen-bond donors (Lipinski definition) is 0. The first-order valence-electron chi connectivity index (χ1n) is 8.55. The third kappa shape index (κ3) is 2.84. The predicted molar refractivity (Wildman–Crippen MR) is 103 cm³/mol. The highest BCUT2D eigenvalue weighted by molar-refractivity contribution is 9.09. The highest BCUT2D eigenvalue weighted by atomic mass is 79.9. The number of nitro groups is 1. The summed E-state index contributed by atoms with van der Waals surface area (Å²) >= 11 is 2.92. The molecule has 0 bridgehead atoms. The fraction of sp³-hybridized carbons (Fsp3) is 0.250. The van der Waals surface area contributed by atoms with Gasteiger partial charge in [0.25, 0.3) is 4.95 Å². The van der Waals surface area contributed by atoms with E-state index < -0.39 is 38.7 Å². The Morgan fingerprint density at radius 1 is 1.07 bits per heavy atom. The van der Waals surface area contributed by atoms with Crippen LogP contribution in [0, 0.1) is 16.0 Å². The molecule has 0 aromatic heterocycles. The van der Waals surface area contributed by atoms with E-state index in [0.717, 1.165) is 0 Å². The summed E-state index contributed by atoms with van der Waals surface area (Å²) in [4.78, 5) is 49.1. The van der Waals surface area contributed by atoms with Crippen LogP contribution < -0.4 is 0 Å². The molecule has 3 rings (SSSR count). The van der Waals surface area contributed by atoms with Crippen LogP contribution in [-0.4, -0.2) is 34.0 Å². The third-order valence-electron chi connectivity index (χ3n) is 4.85. The molecule has 2 unspecified atom stereocenters. The van der Waals surface area contributed by atoms with E-state index in [1.807, 2.05) is 0 Å². The van der Waals surface area contributed by atoms with Crippen molar-refractivity contribution in [2.24, 2.45) is 5.92 Å². The van der Waals surface area contributed by atoms with Crippen LogP contribution in [0.3, 0.4) is 0 Å². The molecule has 7 nitrogen and oxygen atoms in total. The Morgan fingerprint density at radius 2 is 1.57 bits per heavy atom. The first-order chi connectivity index (χ1) is 13.4. The minimum Gasteiger partial charge on any atom is -0.466 e. The van der Waals surface area contributed by atoms with Crippen molar-refractivity contribution < 1.29 is 24.0 Å². The summed E-state index contributed by atoms with van der Waals surface area (Å²) in [5, 5.41) is 11.6. The first-order valence-corrected chi connectivity index (χ1v) is 9.47. The smallest absolute Gasteiger partial charge is 0.318 e. The monoisotopic (exact) mass is 445 g/mol. The number of nitrogens with zero attached hydrogens (tertiary/aromatic N) is 1. The maximum absolute atomic E-state index is 13.5. The summed E-state index contributed by atoms with van der Waals surface area (Å²) < 4.78 is 5.05. The number of rotatable bonds is 6. The molecule has 8 heteroatoms. The number of alkyl halides is 1. The van der Waals surface area contributed by atoms with Gasteiger partial charge in [0.1, 0.15) is 5.41 Å². The minimum absolute atomic E-state index is 0.0486. The normalized spacial score (nSPS) is 16.9. The second-order valence-electron chi connectivity index (χ2n) is 6.27. The van der Waals surface area contributed by atoms with Crippen LogP contribution in [0.15, 0.2) is 54.6 Å². The molecule has 0 spiro atoms. The van der Waals surface area contributed by atoms with Crippen molar-refractivity contribution in [1.82, 2.24) is 0 Å². The minimum atomic E-state index is -2.08. The molecule has 0 heterocycles. The van der Waals surface area contributed by atoms with E-state index in [4.69, 9.17) is 4.74 Å². The van der Waals surface area contributed by atoms with Crippen molar-refractivity contribution in [3.8, 4) is 0 Å². The molecular formula is C20H16BrNO6. The molecule has 1 aliphatic rings. The second kappa shape index (κ2) is 7.63. The summed E-state index contributed by atoms with van der Waals surface area (Å²) in [6, 6.07) is 14.1. The topological polar surface area (TPSA) is 104 Å². The highest BCUT2D eigenvalue weighted by Crippen LogP contribution is 2.48. The van der Waals surface area contributed by atoms with E-state index in [1.165, 1.54) is 24.3 Å². The zero-order valence-corrected chi connectivity index (χ0v) is 16.4. The lowest BCUT2D eigenvalue weighted by molar-refractivity contribution is -0.500. The largest absolute Gasteiger partial charge is 0.466 e. The lowest BCUT2D eigenvalue weighted by atomic mass is 9.66. The number of benzene rings is 2. The van der Waals surface area contributed by atoms with Gasteiger partial charge in [-0.05, 0) is 28.4 Å². The summed E-state index contributed by atoms with van der Waals surface area (Å²) in [5.41, 5.74) is -1.61. The van der Waals surface area contributed by atoms with E-state index >= 15 is 0 Å². The van der Waals surface area contributed by atoms with Gasteiger partial charge >= 0.3 is 5.97 Å². The Labute approximate surface area is 169 Å². The van der Waals surface area contributed by atoms with Gasteiger partial charge in [-0.25, -0.2) is 0 Å². The molecular weight excluding hydrogens is 430 g/mol. The Hall–Kier alpha value is -2.87. The number of fused-ring (bicyclic) bond motifs is 1. The molecule has 2 aromatic rings. The van der Waals surface area contributed by atoms with E-state index in [9.17, 15) is 24.5 Å². The van der Waals surface area contributed by atoms with Gasteiger partial charge in [-0.15, -0.1) is 0 Å². The van der Waals surface area contributed by atoms with Crippen LogP contribution in [0.4, 0.5) is 0 Å². The molecule has 0 fully saturated rings. The van der Waals surface area contributed by atoms with Gasteiger partial charge in [0.2, 0.25) is 0 Å². The fourth-order valence-electron chi connectivity index (χ4n) is 3.68. The average Bonchev–Trinajstić information content (AvgIpc) is 2.92. The summed E-state index contributed by atoms with van der Waals surface area (Å²) in [6.45, 7) is 1.50. The maximum atomic E-state index is 13.5. The Morgan fingerprint density at radius 3 is 2.04 bits per heavy atom. The molecule has 28 heavy (non-hydrogen) atoms. The van der Waals surface area contributed by atoms with Crippen molar-refractivity contribution in [3.05, 3.63) is 81.4 Å². The number of hydrogen-bond acceptors (Lipinski definition) is 6. The van der Waals surface area contributed by atoms with E-state index in [2.05, 4.69) is 15.9 Å². The van der Waals surface area contributed by atoms with Crippen molar-refractivity contribution in [1.29, 1.82) is 0 Å². The van der Waals surface area contributed by atoms with Crippen LogP contribution in [0.25, 0.3) is 0 Å². The van der Waals surface area contributed by atoms with Crippen molar-refractivity contribution >= 4 is 33.5 Å². The molecule has 0 N–H and O–H groups in total.